The quantitative estimate of drug-likeness (QED) is 0.709. The maximum Gasteiger partial charge on any atom is 0.255 e. The molecule has 3 aromatic rings. The van der Waals surface area contributed by atoms with Crippen molar-refractivity contribution in [1.82, 2.24) is 9.55 Å². The second-order valence-electron chi connectivity index (χ2n) is 7.01. The van der Waals surface area contributed by atoms with E-state index in [-0.39, 0.29) is 18.0 Å². The van der Waals surface area contributed by atoms with E-state index in [0.29, 0.717) is 11.6 Å². The number of hydrogen-bond donors (Lipinski definition) is 2. The number of amides is 1. The van der Waals surface area contributed by atoms with Gasteiger partial charge in [-0.1, -0.05) is 24.3 Å². The van der Waals surface area contributed by atoms with Crippen molar-refractivity contribution in [1.29, 1.82) is 0 Å². The molecule has 0 aliphatic heterocycles. The summed E-state index contributed by atoms with van der Waals surface area (Å²) in [7, 11) is 0. The number of aromatic nitrogens is 2. The van der Waals surface area contributed by atoms with Crippen LogP contribution in [0.2, 0.25) is 0 Å². The summed E-state index contributed by atoms with van der Waals surface area (Å²) < 4.78 is 1.35. The first-order valence-corrected chi connectivity index (χ1v) is 9.11. The molecule has 0 saturated carbocycles. The van der Waals surface area contributed by atoms with Crippen LogP contribution >= 0.6 is 0 Å². The zero-order valence-corrected chi connectivity index (χ0v) is 16.5. The molecular formula is C22H24N4O2. The summed E-state index contributed by atoms with van der Waals surface area (Å²) in [5.41, 5.74) is 5.01. The molecule has 2 N–H and O–H groups in total. The van der Waals surface area contributed by atoms with E-state index < -0.39 is 0 Å². The molecule has 3 rings (SSSR count). The van der Waals surface area contributed by atoms with Gasteiger partial charge in [0.1, 0.15) is 6.54 Å². The molecule has 0 unspecified atom stereocenters. The van der Waals surface area contributed by atoms with Crippen LogP contribution in [0.5, 0.6) is 0 Å². The lowest BCUT2D eigenvalue weighted by atomic mass is 10.1. The highest BCUT2D eigenvalue weighted by Crippen LogP contribution is 2.18. The monoisotopic (exact) mass is 376 g/mol. The largest absolute Gasteiger partial charge is 0.325 e. The van der Waals surface area contributed by atoms with Gasteiger partial charge in [-0.15, -0.1) is 0 Å². The Bertz CT molecular complexity index is 1070. The van der Waals surface area contributed by atoms with Crippen molar-refractivity contribution in [3.8, 4) is 0 Å². The third kappa shape index (κ3) is 4.65. The zero-order chi connectivity index (χ0) is 20.3. The van der Waals surface area contributed by atoms with Gasteiger partial charge in [-0.3, -0.25) is 14.2 Å². The Labute approximate surface area is 164 Å². The molecule has 1 amide bonds. The van der Waals surface area contributed by atoms with Gasteiger partial charge in [0, 0.05) is 23.1 Å². The normalized spacial score (nSPS) is 10.6. The first kappa shape index (κ1) is 19.4. The van der Waals surface area contributed by atoms with E-state index in [1.165, 1.54) is 10.6 Å². The maximum atomic E-state index is 12.6. The van der Waals surface area contributed by atoms with Gasteiger partial charge in [-0.05, 0) is 62.6 Å². The number of rotatable bonds is 5. The van der Waals surface area contributed by atoms with Gasteiger partial charge in [0.2, 0.25) is 11.9 Å². The molecule has 1 aromatic heterocycles. The maximum absolute atomic E-state index is 12.6. The van der Waals surface area contributed by atoms with Crippen molar-refractivity contribution in [2.45, 2.75) is 34.2 Å². The third-order valence-electron chi connectivity index (χ3n) is 4.34. The number of benzene rings is 2. The van der Waals surface area contributed by atoms with Crippen molar-refractivity contribution in [3.05, 3.63) is 81.3 Å². The summed E-state index contributed by atoms with van der Waals surface area (Å²) in [5.74, 6) is 0.0560. The van der Waals surface area contributed by atoms with Gasteiger partial charge in [0.25, 0.3) is 5.56 Å². The lowest BCUT2D eigenvalue weighted by molar-refractivity contribution is -0.116. The molecule has 0 spiro atoms. The number of anilines is 3. The summed E-state index contributed by atoms with van der Waals surface area (Å²) in [5, 5.41) is 6.04. The number of carbonyl (C=O) groups is 1. The highest BCUT2D eigenvalue weighted by Gasteiger charge is 2.13. The summed E-state index contributed by atoms with van der Waals surface area (Å²) in [6.07, 6.45) is 0. The van der Waals surface area contributed by atoms with Crippen LogP contribution in [0.15, 0.2) is 53.3 Å². The van der Waals surface area contributed by atoms with Crippen LogP contribution in [-0.2, 0) is 11.3 Å². The van der Waals surface area contributed by atoms with E-state index in [9.17, 15) is 9.59 Å². The molecule has 0 aliphatic rings. The van der Waals surface area contributed by atoms with Gasteiger partial charge in [0.05, 0.1) is 0 Å². The molecule has 0 radical (unpaired) electrons. The third-order valence-corrected chi connectivity index (χ3v) is 4.34. The van der Waals surface area contributed by atoms with E-state index in [4.69, 9.17) is 0 Å². The Hall–Kier alpha value is -3.41. The van der Waals surface area contributed by atoms with Crippen molar-refractivity contribution < 1.29 is 4.79 Å². The van der Waals surface area contributed by atoms with Gasteiger partial charge in [0.15, 0.2) is 0 Å². The second-order valence-corrected chi connectivity index (χ2v) is 7.01. The molecule has 144 valence electrons. The van der Waals surface area contributed by atoms with E-state index >= 15 is 0 Å². The van der Waals surface area contributed by atoms with Crippen LogP contribution in [-0.4, -0.2) is 15.5 Å². The first-order valence-electron chi connectivity index (χ1n) is 9.11. The van der Waals surface area contributed by atoms with Gasteiger partial charge >= 0.3 is 0 Å². The van der Waals surface area contributed by atoms with Crippen LogP contribution in [0.25, 0.3) is 0 Å². The summed E-state index contributed by atoms with van der Waals surface area (Å²) in [6.45, 7) is 7.55. The Morgan fingerprint density at radius 1 is 1.00 bits per heavy atom. The molecule has 0 saturated heterocycles. The molecule has 6 nitrogen and oxygen atoms in total. The van der Waals surface area contributed by atoms with Crippen molar-refractivity contribution in [3.63, 3.8) is 0 Å². The number of carbonyl (C=O) groups excluding carboxylic acids is 1. The number of nitrogens with zero attached hydrogens (tertiary/aromatic N) is 2. The predicted molar refractivity (Wildman–Crippen MR) is 112 cm³/mol. The zero-order valence-electron chi connectivity index (χ0n) is 16.5. The summed E-state index contributed by atoms with van der Waals surface area (Å²) in [4.78, 5) is 29.5. The highest BCUT2D eigenvalue weighted by atomic mass is 16.2. The summed E-state index contributed by atoms with van der Waals surface area (Å²) in [6, 6.07) is 14.9. The number of hydrogen-bond acceptors (Lipinski definition) is 4. The molecule has 2 aromatic carbocycles. The highest BCUT2D eigenvalue weighted by molar-refractivity contribution is 5.91. The van der Waals surface area contributed by atoms with E-state index in [1.54, 1.807) is 6.92 Å². The van der Waals surface area contributed by atoms with Crippen molar-refractivity contribution >= 4 is 23.2 Å². The van der Waals surface area contributed by atoms with Crippen molar-refractivity contribution in [2.75, 3.05) is 10.6 Å². The fraction of sp³-hybridized carbons (Fsp3) is 0.227. The van der Waals surface area contributed by atoms with Crippen LogP contribution in [0.4, 0.5) is 17.3 Å². The van der Waals surface area contributed by atoms with Crippen LogP contribution < -0.4 is 16.2 Å². The van der Waals surface area contributed by atoms with E-state index in [0.717, 1.165) is 28.1 Å². The Morgan fingerprint density at radius 2 is 1.68 bits per heavy atom. The van der Waals surface area contributed by atoms with Gasteiger partial charge in [-0.25, -0.2) is 4.98 Å². The van der Waals surface area contributed by atoms with Gasteiger partial charge < -0.3 is 10.6 Å². The first-order chi connectivity index (χ1) is 13.3. The van der Waals surface area contributed by atoms with Crippen LogP contribution in [0.3, 0.4) is 0 Å². The minimum absolute atomic E-state index is 0.131. The lowest BCUT2D eigenvalue weighted by Gasteiger charge is -2.15. The fourth-order valence-electron chi connectivity index (χ4n) is 3.09. The molecular weight excluding hydrogens is 352 g/mol. The Kier molecular flexibility index (Phi) is 5.59. The van der Waals surface area contributed by atoms with Crippen LogP contribution in [0.1, 0.15) is 22.4 Å². The SMILES string of the molecule is Cc1cc(C)cc(Nc2nc(C)cc(=O)n2CC(=O)Nc2ccccc2C)c1. The molecule has 1 heterocycles. The molecule has 6 heteroatoms. The van der Waals surface area contributed by atoms with Crippen molar-refractivity contribution in [2.24, 2.45) is 0 Å². The number of aryl methyl sites for hydroxylation is 4. The van der Waals surface area contributed by atoms with E-state index in [1.807, 2.05) is 57.2 Å². The average molecular weight is 376 g/mol. The minimum Gasteiger partial charge on any atom is -0.325 e. The van der Waals surface area contributed by atoms with E-state index in [2.05, 4.69) is 21.7 Å². The van der Waals surface area contributed by atoms with Gasteiger partial charge in [-0.2, -0.15) is 0 Å². The molecule has 0 fully saturated rings. The van der Waals surface area contributed by atoms with Crippen LogP contribution in [0, 0.1) is 27.7 Å². The standard InChI is InChI=1S/C22H24N4O2/c1-14-9-15(2)11-18(10-14)24-22-23-17(4)12-21(28)26(22)13-20(27)25-19-8-6-5-7-16(19)3/h5-12H,13H2,1-4H3,(H,23,24)(H,25,27). The Morgan fingerprint density at radius 3 is 2.36 bits per heavy atom. The minimum atomic E-state index is -0.287. The second kappa shape index (κ2) is 8.08. The predicted octanol–water partition coefficient (Wildman–Crippen LogP) is 3.86. The fourth-order valence-corrected chi connectivity index (χ4v) is 3.09. The topological polar surface area (TPSA) is 76.0 Å². The number of para-hydroxylation sites is 1. The lowest BCUT2D eigenvalue weighted by Crippen LogP contribution is -2.30. The molecule has 0 aliphatic carbocycles. The Balaban J connectivity index is 1.89. The molecule has 28 heavy (non-hydrogen) atoms. The smallest absolute Gasteiger partial charge is 0.255 e. The number of nitrogens with one attached hydrogen (secondary N) is 2. The molecule has 0 atom stereocenters. The molecule has 0 bridgehead atoms. The average Bonchev–Trinajstić information content (AvgIpc) is 2.59. The summed E-state index contributed by atoms with van der Waals surface area (Å²) >= 11 is 0.